The van der Waals surface area contributed by atoms with E-state index in [4.69, 9.17) is 14.2 Å². The molecular weight excluding hydrogens is 815 g/mol. The number of unbranched alkanes of at least 4 members (excludes halogenated alkanes) is 24. The molecule has 6 nitrogen and oxygen atoms in total. The van der Waals surface area contributed by atoms with Gasteiger partial charge < -0.3 is 0 Å². The van der Waals surface area contributed by atoms with E-state index in [1.807, 2.05) is 17.9 Å². The van der Waals surface area contributed by atoms with Crippen LogP contribution in [0.5, 0.6) is 0 Å². The van der Waals surface area contributed by atoms with E-state index in [1.54, 1.807) is 8.95 Å². The van der Waals surface area contributed by atoms with Gasteiger partial charge >= 0.3 is 264 Å². The van der Waals surface area contributed by atoms with Gasteiger partial charge in [0.1, 0.15) is 0 Å². The summed E-state index contributed by atoms with van der Waals surface area (Å²) in [6.07, 6.45) is 34.3. The summed E-state index contributed by atoms with van der Waals surface area (Å²) < 4.78 is 16.7. The van der Waals surface area contributed by atoms with E-state index < -0.39 is 14.2 Å². The van der Waals surface area contributed by atoms with E-state index in [0.29, 0.717) is 49.9 Å². The minimum atomic E-state index is -3.01. The second-order valence-electron chi connectivity index (χ2n) is 14.5. The van der Waals surface area contributed by atoms with Gasteiger partial charge in [0.25, 0.3) is 0 Å². The van der Waals surface area contributed by atoms with Crippen molar-refractivity contribution in [1.29, 1.82) is 0 Å². The topological polar surface area (TPSA) is 78.9 Å². The second-order valence-corrected chi connectivity index (χ2v) is 50.4. The maximum absolute atomic E-state index is 12.7. The van der Waals surface area contributed by atoms with Crippen LogP contribution >= 0.6 is 26.8 Å². The minimum absolute atomic E-state index is 0.129. The van der Waals surface area contributed by atoms with E-state index in [-0.39, 0.29) is 17.9 Å². The van der Waals surface area contributed by atoms with Crippen LogP contribution in [0.25, 0.3) is 0 Å². The van der Waals surface area contributed by atoms with Crippen LogP contribution in [-0.2, 0) is 28.6 Å². The molecule has 0 aromatic rings. The van der Waals surface area contributed by atoms with Crippen molar-refractivity contribution in [2.45, 2.75) is 212 Å². The van der Waals surface area contributed by atoms with Crippen LogP contribution in [0.3, 0.4) is 0 Å². The molecule has 308 valence electrons. The smallest absolute Gasteiger partial charge is 0.0654 e. The number of hydrogen-bond donors (Lipinski definition) is 0. The number of hydrogen-bond acceptors (Lipinski definition) is 9. The molecule has 52 heavy (non-hydrogen) atoms. The normalized spacial score (nSPS) is 11.5. The third kappa shape index (κ3) is 38.5. The molecule has 0 atom stereocenters. The quantitative estimate of drug-likeness (QED) is 0.0258. The summed E-state index contributed by atoms with van der Waals surface area (Å²) in [6.45, 7) is 8.26. The molecule has 0 aliphatic rings. The van der Waals surface area contributed by atoms with Gasteiger partial charge in [-0.05, 0) is 0 Å². The molecule has 0 aliphatic heterocycles. The molecule has 0 heterocycles. The molecule has 0 N–H and O–H groups in total. The molecule has 0 saturated heterocycles. The Hall–Kier alpha value is 0.259. The number of ether oxygens (including phenoxy) is 3. The van der Waals surface area contributed by atoms with Crippen LogP contribution in [0.1, 0.15) is 207 Å². The van der Waals surface area contributed by atoms with Crippen LogP contribution < -0.4 is 0 Å². The second kappa shape index (κ2) is 40.9. The molecule has 0 aliphatic carbocycles. The van der Waals surface area contributed by atoms with E-state index >= 15 is 0 Å². The molecule has 10 heteroatoms. The summed E-state index contributed by atoms with van der Waals surface area (Å²) >= 11 is -3.01. The van der Waals surface area contributed by atoms with Gasteiger partial charge in [-0.15, -0.1) is 0 Å². The van der Waals surface area contributed by atoms with Crippen molar-refractivity contribution in [2.75, 3.05) is 37.1 Å². The predicted octanol–water partition coefficient (Wildman–Crippen LogP) is 13.8. The average molecular weight is 898 g/mol. The predicted molar refractivity (Wildman–Crippen MR) is 233 cm³/mol. The van der Waals surface area contributed by atoms with Gasteiger partial charge in [0.15, 0.2) is 0 Å². The van der Waals surface area contributed by atoms with Crippen molar-refractivity contribution in [3.05, 3.63) is 0 Å². The average Bonchev–Trinajstić information content (AvgIpc) is 3.13. The molecule has 0 rings (SSSR count). The maximum atomic E-state index is 12.7. The Morgan fingerprint density at radius 1 is 0.385 bits per heavy atom. The first kappa shape index (κ1) is 52.3. The molecule has 0 amide bonds. The Morgan fingerprint density at radius 2 is 0.654 bits per heavy atom. The minimum Gasteiger partial charge on any atom is -0.0654 e. The Morgan fingerprint density at radius 3 is 0.962 bits per heavy atom. The molecule has 0 unspecified atom stereocenters. The van der Waals surface area contributed by atoms with Crippen molar-refractivity contribution < 1.29 is 28.6 Å². The molecule has 0 bridgehead atoms. The first-order valence-electron chi connectivity index (χ1n) is 21.8. The third-order valence-electron chi connectivity index (χ3n) is 9.33. The molecule has 0 saturated carbocycles. The molecule has 0 spiro atoms. The van der Waals surface area contributed by atoms with Gasteiger partial charge in [-0.3, -0.25) is 0 Å². The van der Waals surface area contributed by atoms with Gasteiger partial charge in [0.05, 0.1) is 0 Å². The third-order valence-corrected chi connectivity index (χ3v) is 44.5. The van der Waals surface area contributed by atoms with Gasteiger partial charge in [-0.25, -0.2) is 0 Å². The van der Waals surface area contributed by atoms with E-state index in [9.17, 15) is 14.4 Å². The monoisotopic (exact) mass is 898 g/mol. The zero-order valence-corrected chi connectivity index (χ0v) is 39.7. The standard InChI is InChI=1S/2C14H28O2S.C13H26O2S.CH3.Sn/c2*1-2-3-4-5-6-7-8-9-10-12-16-14(15)11-13-17;1-2-3-4-5-6-7-8-9-10-11-15-13(14)12-16;;/h2*17H,2-13H2,1H3;16H,2-12H2,1H3;1H3;/q;;;;+3/p-3. The Kier molecular flexibility index (Phi) is 41.1. The number of carbonyl (C=O) groups excluding carboxylic acids is 3. The zero-order chi connectivity index (χ0) is 38.2. The van der Waals surface area contributed by atoms with Gasteiger partial charge in [0.2, 0.25) is 0 Å². The van der Waals surface area contributed by atoms with Crippen LogP contribution in [-0.4, -0.2) is 69.2 Å². The summed E-state index contributed by atoms with van der Waals surface area (Å²) in [5.74, 6) is 1.33. The fraction of sp³-hybridized carbons (Fsp3) is 0.929. The van der Waals surface area contributed by atoms with Crippen LogP contribution in [0, 0.1) is 0 Å². The number of carbonyl (C=O) groups is 3. The first-order chi connectivity index (χ1) is 25.4. The van der Waals surface area contributed by atoms with Crippen molar-refractivity contribution in [3.8, 4) is 0 Å². The fourth-order valence-electron chi connectivity index (χ4n) is 5.94. The SMILES string of the molecule is CCCCCCCCCCCOC(=O)CC[S][Sn]([CH3])([S]CCC(=O)OCCCCCCCCCCC)[S]CC(=O)OCCCCCCCCCCC. The molecule has 0 radical (unpaired) electrons. The first-order valence-corrected chi connectivity index (χ1v) is 38.0. The summed E-state index contributed by atoms with van der Waals surface area (Å²) in [6, 6.07) is 0. The van der Waals surface area contributed by atoms with Gasteiger partial charge in [-0.1, -0.05) is 72.1 Å². The van der Waals surface area contributed by atoms with Gasteiger partial charge in [0, 0.05) is 0 Å². The summed E-state index contributed by atoms with van der Waals surface area (Å²) in [5.41, 5.74) is 0. The summed E-state index contributed by atoms with van der Waals surface area (Å²) in [4.78, 5) is 39.9. The Labute approximate surface area is 334 Å². The van der Waals surface area contributed by atoms with E-state index in [2.05, 4.69) is 25.7 Å². The molecule has 0 aromatic carbocycles. The number of esters is 3. The molecular formula is C42H82O6S3Sn. The summed E-state index contributed by atoms with van der Waals surface area (Å²) in [7, 11) is 5.46. The van der Waals surface area contributed by atoms with Crippen LogP contribution in [0.2, 0.25) is 4.94 Å². The van der Waals surface area contributed by atoms with Crippen LogP contribution in [0.15, 0.2) is 0 Å². The molecule has 0 fully saturated rings. The van der Waals surface area contributed by atoms with Gasteiger partial charge in [-0.2, -0.15) is 0 Å². The van der Waals surface area contributed by atoms with Crippen molar-refractivity contribution in [1.82, 2.24) is 0 Å². The van der Waals surface area contributed by atoms with Crippen LogP contribution in [0.4, 0.5) is 0 Å². The van der Waals surface area contributed by atoms with E-state index in [1.165, 1.54) is 135 Å². The number of rotatable bonds is 41. The van der Waals surface area contributed by atoms with Crippen molar-refractivity contribution in [2.24, 2.45) is 0 Å². The van der Waals surface area contributed by atoms with Crippen molar-refractivity contribution >= 4 is 59.0 Å². The Balaban J connectivity index is 4.45. The van der Waals surface area contributed by atoms with E-state index in [0.717, 1.165) is 38.5 Å². The Bertz CT molecular complexity index is 777. The molecule has 0 aromatic heterocycles. The fourth-order valence-corrected chi connectivity index (χ4v) is 35.5. The zero-order valence-electron chi connectivity index (χ0n) is 34.4. The van der Waals surface area contributed by atoms with Crippen molar-refractivity contribution in [3.63, 3.8) is 0 Å². The summed E-state index contributed by atoms with van der Waals surface area (Å²) in [5, 5.41) is 0.